The normalized spacial score (nSPS) is 10.4. The average Bonchev–Trinajstić information content (AvgIpc) is 2.63. The molecular weight excluding hydrogens is 316 g/mol. The van der Waals surface area contributed by atoms with Gasteiger partial charge in [0.1, 0.15) is 5.75 Å². The molecule has 3 N–H and O–H groups in total. The van der Waals surface area contributed by atoms with Crippen molar-refractivity contribution in [2.45, 2.75) is 6.42 Å². The molecule has 0 saturated heterocycles. The highest BCUT2D eigenvalue weighted by atomic mass is 16.3. The Kier molecular flexibility index (Phi) is 4.95. The minimum atomic E-state index is -0.693. The SMILES string of the molecule is O=C(NCCc1ccc(O)cc1)C(=O)Nc1cccc2ccccc12. The molecule has 0 bridgehead atoms. The Morgan fingerprint density at radius 2 is 1.56 bits per heavy atom. The number of aromatic hydroxyl groups is 1. The standard InChI is InChI=1S/C20H18N2O3/c23-16-10-8-14(9-11-16)12-13-21-19(24)20(25)22-18-7-3-5-15-4-1-2-6-17(15)18/h1-11,23H,12-13H2,(H,21,24)(H,22,25). The molecule has 2 amide bonds. The third kappa shape index (κ3) is 4.14. The number of amides is 2. The molecule has 5 heteroatoms. The molecule has 0 aromatic heterocycles. The molecular formula is C20H18N2O3. The van der Waals surface area contributed by atoms with E-state index in [1.165, 1.54) is 0 Å². The van der Waals surface area contributed by atoms with Crippen molar-refractivity contribution in [3.8, 4) is 5.75 Å². The van der Waals surface area contributed by atoms with E-state index in [0.29, 0.717) is 18.7 Å². The van der Waals surface area contributed by atoms with Gasteiger partial charge < -0.3 is 15.7 Å². The van der Waals surface area contributed by atoms with Crippen LogP contribution in [-0.4, -0.2) is 23.5 Å². The summed E-state index contributed by atoms with van der Waals surface area (Å²) in [5, 5.41) is 16.4. The van der Waals surface area contributed by atoms with Crippen LogP contribution < -0.4 is 10.6 Å². The molecule has 0 aliphatic carbocycles. The van der Waals surface area contributed by atoms with Crippen molar-refractivity contribution in [3.05, 3.63) is 72.3 Å². The molecule has 3 aromatic carbocycles. The quantitative estimate of drug-likeness (QED) is 0.642. The second-order valence-corrected chi connectivity index (χ2v) is 5.65. The van der Waals surface area contributed by atoms with Crippen molar-refractivity contribution in [1.29, 1.82) is 0 Å². The third-order valence-corrected chi connectivity index (χ3v) is 3.88. The van der Waals surface area contributed by atoms with Crippen molar-refractivity contribution < 1.29 is 14.7 Å². The van der Waals surface area contributed by atoms with Gasteiger partial charge in [-0.1, -0.05) is 48.5 Å². The van der Waals surface area contributed by atoms with Gasteiger partial charge in [-0.05, 0) is 35.6 Å². The molecule has 5 nitrogen and oxygen atoms in total. The van der Waals surface area contributed by atoms with Gasteiger partial charge in [0.2, 0.25) is 0 Å². The number of phenolic OH excluding ortho intramolecular Hbond substituents is 1. The molecule has 0 aliphatic heterocycles. The smallest absolute Gasteiger partial charge is 0.313 e. The van der Waals surface area contributed by atoms with Gasteiger partial charge in [0.15, 0.2) is 0 Å². The first-order valence-corrected chi connectivity index (χ1v) is 7.98. The monoisotopic (exact) mass is 334 g/mol. The Balaban J connectivity index is 1.57. The van der Waals surface area contributed by atoms with Crippen LogP contribution >= 0.6 is 0 Å². The molecule has 0 atom stereocenters. The predicted octanol–water partition coefficient (Wildman–Crippen LogP) is 2.84. The largest absolute Gasteiger partial charge is 0.508 e. The summed E-state index contributed by atoms with van der Waals surface area (Å²) in [4.78, 5) is 24.1. The van der Waals surface area contributed by atoms with Crippen LogP contribution in [-0.2, 0) is 16.0 Å². The lowest BCUT2D eigenvalue weighted by Gasteiger charge is -2.09. The lowest BCUT2D eigenvalue weighted by atomic mass is 10.1. The van der Waals surface area contributed by atoms with Gasteiger partial charge in [-0.2, -0.15) is 0 Å². The van der Waals surface area contributed by atoms with Crippen LogP contribution in [0.4, 0.5) is 5.69 Å². The van der Waals surface area contributed by atoms with Gasteiger partial charge in [-0.15, -0.1) is 0 Å². The Morgan fingerprint density at radius 1 is 0.840 bits per heavy atom. The van der Waals surface area contributed by atoms with E-state index >= 15 is 0 Å². The number of phenols is 1. The van der Waals surface area contributed by atoms with Crippen LogP contribution in [0.5, 0.6) is 5.75 Å². The zero-order valence-electron chi connectivity index (χ0n) is 13.5. The third-order valence-electron chi connectivity index (χ3n) is 3.88. The Labute approximate surface area is 145 Å². The zero-order valence-corrected chi connectivity index (χ0v) is 13.5. The number of carbonyl (C=O) groups is 2. The van der Waals surface area contributed by atoms with E-state index in [1.54, 1.807) is 30.3 Å². The minimum absolute atomic E-state index is 0.197. The van der Waals surface area contributed by atoms with Gasteiger partial charge >= 0.3 is 11.8 Å². The average molecular weight is 334 g/mol. The first-order valence-electron chi connectivity index (χ1n) is 7.98. The fourth-order valence-corrected chi connectivity index (χ4v) is 2.58. The van der Waals surface area contributed by atoms with Gasteiger partial charge in [0.05, 0.1) is 0 Å². The zero-order chi connectivity index (χ0) is 17.6. The summed E-state index contributed by atoms with van der Waals surface area (Å²) in [5.74, 6) is -1.17. The highest BCUT2D eigenvalue weighted by Crippen LogP contribution is 2.22. The molecule has 0 aliphatic rings. The van der Waals surface area contributed by atoms with Crippen LogP contribution in [0, 0.1) is 0 Å². The molecule has 126 valence electrons. The fraction of sp³-hybridized carbons (Fsp3) is 0.100. The van der Waals surface area contributed by atoms with Gasteiger partial charge in [-0.25, -0.2) is 0 Å². The lowest BCUT2D eigenvalue weighted by Crippen LogP contribution is -2.36. The first-order chi connectivity index (χ1) is 12.1. The number of benzene rings is 3. The molecule has 0 unspecified atom stereocenters. The van der Waals surface area contributed by atoms with Gasteiger partial charge in [0, 0.05) is 17.6 Å². The minimum Gasteiger partial charge on any atom is -0.508 e. The fourth-order valence-electron chi connectivity index (χ4n) is 2.58. The van der Waals surface area contributed by atoms with Crippen LogP contribution in [0.1, 0.15) is 5.56 Å². The molecule has 0 heterocycles. The van der Waals surface area contributed by atoms with E-state index in [0.717, 1.165) is 16.3 Å². The van der Waals surface area contributed by atoms with E-state index in [9.17, 15) is 14.7 Å². The highest BCUT2D eigenvalue weighted by Gasteiger charge is 2.14. The van der Waals surface area contributed by atoms with E-state index in [1.807, 2.05) is 36.4 Å². The van der Waals surface area contributed by atoms with Crippen LogP contribution in [0.3, 0.4) is 0 Å². The van der Waals surface area contributed by atoms with Crippen molar-refractivity contribution in [2.24, 2.45) is 0 Å². The number of hydrogen-bond acceptors (Lipinski definition) is 3. The van der Waals surface area contributed by atoms with Crippen molar-refractivity contribution in [1.82, 2.24) is 5.32 Å². The van der Waals surface area contributed by atoms with E-state index in [2.05, 4.69) is 10.6 Å². The van der Waals surface area contributed by atoms with Crippen LogP contribution in [0.25, 0.3) is 10.8 Å². The summed E-state index contributed by atoms with van der Waals surface area (Å²) in [6.07, 6.45) is 0.577. The number of anilines is 1. The maximum atomic E-state index is 12.1. The molecule has 0 radical (unpaired) electrons. The summed E-state index contributed by atoms with van der Waals surface area (Å²) >= 11 is 0. The second kappa shape index (κ2) is 7.49. The molecule has 25 heavy (non-hydrogen) atoms. The van der Waals surface area contributed by atoms with Gasteiger partial charge in [0.25, 0.3) is 0 Å². The number of fused-ring (bicyclic) bond motifs is 1. The molecule has 3 rings (SSSR count). The second-order valence-electron chi connectivity index (χ2n) is 5.65. The summed E-state index contributed by atoms with van der Waals surface area (Å²) in [5.41, 5.74) is 1.57. The topological polar surface area (TPSA) is 78.4 Å². The molecule has 0 saturated carbocycles. The molecule has 3 aromatic rings. The summed E-state index contributed by atoms with van der Waals surface area (Å²) in [6, 6.07) is 19.9. The van der Waals surface area contributed by atoms with Crippen LogP contribution in [0.15, 0.2) is 66.7 Å². The number of hydrogen-bond donors (Lipinski definition) is 3. The Hall–Kier alpha value is -3.34. The highest BCUT2D eigenvalue weighted by molar-refractivity contribution is 6.40. The van der Waals surface area contributed by atoms with E-state index in [-0.39, 0.29) is 5.75 Å². The van der Waals surface area contributed by atoms with Gasteiger partial charge in [-0.3, -0.25) is 9.59 Å². The maximum Gasteiger partial charge on any atom is 0.313 e. The van der Waals surface area contributed by atoms with Crippen molar-refractivity contribution >= 4 is 28.3 Å². The summed E-state index contributed by atoms with van der Waals surface area (Å²) in [6.45, 7) is 0.340. The number of rotatable bonds is 4. The molecule has 0 fully saturated rings. The summed E-state index contributed by atoms with van der Waals surface area (Å²) in [7, 11) is 0. The Bertz CT molecular complexity index is 899. The lowest BCUT2D eigenvalue weighted by molar-refractivity contribution is -0.136. The van der Waals surface area contributed by atoms with Crippen molar-refractivity contribution in [2.75, 3.05) is 11.9 Å². The van der Waals surface area contributed by atoms with E-state index < -0.39 is 11.8 Å². The van der Waals surface area contributed by atoms with Crippen LogP contribution in [0.2, 0.25) is 0 Å². The first kappa shape index (κ1) is 16.5. The van der Waals surface area contributed by atoms with Crippen molar-refractivity contribution in [3.63, 3.8) is 0 Å². The molecule has 0 spiro atoms. The maximum absolute atomic E-state index is 12.1. The Morgan fingerprint density at radius 3 is 2.36 bits per heavy atom. The summed E-state index contributed by atoms with van der Waals surface area (Å²) < 4.78 is 0. The number of nitrogens with one attached hydrogen (secondary N) is 2. The van der Waals surface area contributed by atoms with E-state index in [4.69, 9.17) is 0 Å². The number of carbonyl (C=O) groups excluding carboxylic acids is 2. The predicted molar refractivity (Wildman–Crippen MR) is 97.4 cm³/mol.